The lowest BCUT2D eigenvalue weighted by molar-refractivity contribution is -0.115. The van der Waals surface area contributed by atoms with Crippen LogP contribution in [0.15, 0.2) is 0 Å². The number of hydrogen-bond donors (Lipinski definition) is 5. The van der Waals surface area contributed by atoms with E-state index in [1.165, 1.54) is 0 Å². The summed E-state index contributed by atoms with van der Waals surface area (Å²) in [4.78, 5) is 1.62. The Morgan fingerprint density at radius 2 is 1.86 bits per heavy atom. The topological polar surface area (TPSA) is 104 Å². The van der Waals surface area contributed by atoms with Crippen LogP contribution >= 0.6 is 0 Å². The molecule has 0 aromatic heterocycles. The molecular formula is C8H15NO5. The SMILES string of the molecule is OC[C@H]1N2C[C@H](O)[C@@H](O)[C@H](O)[C@]12CO. The fourth-order valence-electron chi connectivity index (χ4n) is 2.50. The van der Waals surface area contributed by atoms with Gasteiger partial charge in [-0.05, 0) is 0 Å². The summed E-state index contributed by atoms with van der Waals surface area (Å²) < 4.78 is 0. The van der Waals surface area contributed by atoms with E-state index in [9.17, 15) is 15.3 Å². The molecule has 82 valence electrons. The molecule has 6 atom stereocenters. The molecule has 2 fully saturated rings. The Morgan fingerprint density at radius 3 is 2.36 bits per heavy atom. The molecule has 2 aliphatic rings. The van der Waals surface area contributed by atoms with Crippen molar-refractivity contribution in [3.05, 3.63) is 0 Å². The van der Waals surface area contributed by atoms with E-state index < -0.39 is 23.9 Å². The van der Waals surface area contributed by atoms with Crippen molar-refractivity contribution in [3.63, 3.8) is 0 Å². The first-order valence-corrected chi connectivity index (χ1v) is 4.62. The van der Waals surface area contributed by atoms with Gasteiger partial charge >= 0.3 is 0 Å². The Bertz CT molecular complexity index is 238. The molecule has 0 amide bonds. The second-order valence-electron chi connectivity index (χ2n) is 4.00. The van der Waals surface area contributed by atoms with Gasteiger partial charge in [-0.1, -0.05) is 0 Å². The average molecular weight is 205 g/mol. The summed E-state index contributed by atoms with van der Waals surface area (Å²) in [6, 6.07) is -0.366. The van der Waals surface area contributed by atoms with Gasteiger partial charge in [0.2, 0.25) is 0 Å². The molecule has 2 saturated heterocycles. The lowest BCUT2D eigenvalue weighted by Gasteiger charge is -2.34. The molecule has 0 bridgehead atoms. The van der Waals surface area contributed by atoms with Crippen LogP contribution in [0.2, 0.25) is 0 Å². The van der Waals surface area contributed by atoms with Gasteiger partial charge in [-0.3, -0.25) is 4.90 Å². The molecule has 0 aliphatic carbocycles. The predicted octanol–water partition coefficient (Wildman–Crippen LogP) is -3.51. The predicted molar refractivity (Wildman–Crippen MR) is 45.4 cm³/mol. The van der Waals surface area contributed by atoms with Gasteiger partial charge in [-0.25, -0.2) is 0 Å². The highest BCUT2D eigenvalue weighted by Crippen LogP contribution is 2.47. The van der Waals surface area contributed by atoms with Crippen LogP contribution in [0.25, 0.3) is 0 Å². The molecule has 2 heterocycles. The van der Waals surface area contributed by atoms with Crippen molar-refractivity contribution in [3.8, 4) is 0 Å². The molecule has 6 nitrogen and oxygen atoms in total. The van der Waals surface area contributed by atoms with E-state index in [1.54, 1.807) is 4.90 Å². The zero-order chi connectivity index (χ0) is 10.5. The van der Waals surface area contributed by atoms with E-state index in [0.717, 1.165) is 0 Å². The number of nitrogens with zero attached hydrogens (tertiary/aromatic N) is 1. The highest BCUT2D eigenvalue weighted by molar-refractivity contribution is 5.25. The molecule has 14 heavy (non-hydrogen) atoms. The normalized spacial score (nSPS) is 56.8. The summed E-state index contributed by atoms with van der Waals surface area (Å²) in [5.41, 5.74) is -0.951. The standard InChI is InChI=1S/C8H15NO5/c10-2-5-8(3-11)7(14)6(13)4(12)1-9(5)8/h4-7,10-14H,1-3H2/t4-,5+,6+,7-,8-,9?/m0/s1. The zero-order valence-electron chi connectivity index (χ0n) is 7.61. The van der Waals surface area contributed by atoms with Gasteiger partial charge in [0.1, 0.15) is 12.2 Å². The first-order valence-electron chi connectivity index (χ1n) is 4.62. The number of aliphatic hydroxyl groups excluding tert-OH is 5. The monoisotopic (exact) mass is 205 g/mol. The van der Waals surface area contributed by atoms with Crippen LogP contribution in [0, 0.1) is 0 Å². The Hall–Kier alpha value is -0.240. The molecule has 0 aromatic carbocycles. The van der Waals surface area contributed by atoms with E-state index in [-0.39, 0.29) is 25.8 Å². The van der Waals surface area contributed by atoms with Crippen molar-refractivity contribution < 1.29 is 25.5 Å². The molecule has 0 saturated carbocycles. The summed E-state index contributed by atoms with van der Waals surface area (Å²) in [5.74, 6) is 0. The van der Waals surface area contributed by atoms with Gasteiger partial charge < -0.3 is 25.5 Å². The van der Waals surface area contributed by atoms with Gasteiger partial charge in [0.05, 0.1) is 30.9 Å². The fourth-order valence-corrected chi connectivity index (χ4v) is 2.50. The first kappa shape index (κ1) is 10.3. The van der Waals surface area contributed by atoms with Crippen molar-refractivity contribution in [1.29, 1.82) is 0 Å². The molecule has 2 rings (SSSR count). The lowest BCUT2D eigenvalue weighted by atomic mass is 9.90. The molecule has 1 unspecified atom stereocenters. The van der Waals surface area contributed by atoms with Crippen LogP contribution in [0.1, 0.15) is 0 Å². The largest absolute Gasteiger partial charge is 0.395 e. The summed E-state index contributed by atoms with van der Waals surface area (Å²) in [6.07, 6.45) is -3.50. The maximum atomic E-state index is 9.69. The van der Waals surface area contributed by atoms with Crippen molar-refractivity contribution in [2.45, 2.75) is 29.9 Å². The van der Waals surface area contributed by atoms with Crippen LogP contribution in [-0.4, -0.2) is 80.1 Å². The highest BCUT2D eigenvalue weighted by Gasteiger charge is 2.70. The van der Waals surface area contributed by atoms with E-state index in [1.807, 2.05) is 0 Å². The number of aliphatic hydroxyl groups is 5. The van der Waals surface area contributed by atoms with Crippen LogP contribution in [-0.2, 0) is 0 Å². The van der Waals surface area contributed by atoms with Crippen LogP contribution in [0.3, 0.4) is 0 Å². The molecule has 5 N–H and O–H groups in total. The summed E-state index contributed by atoms with van der Waals surface area (Å²) in [5, 5.41) is 46.6. The number of piperidine rings is 1. The van der Waals surface area contributed by atoms with E-state index in [0.29, 0.717) is 0 Å². The summed E-state index contributed by atoms with van der Waals surface area (Å²) in [7, 11) is 0. The van der Waals surface area contributed by atoms with E-state index >= 15 is 0 Å². The van der Waals surface area contributed by atoms with Gasteiger partial charge in [0.25, 0.3) is 0 Å². The van der Waals surface area contributed by atoms with Gasteiger partial charge in [-0.15, -0.1) is 0 Å². The molecule has 0 aromatic rings. The van der Waals surface area contributed by atoms with Crippen molar-refractivity contribution in [2.24, 2.45) is 0 Å². The number of hydrogen-bond acceptors (Lipinski definition) is 6. The third-order valence-corrected chi connectivity index (χ3v) is 3.46. The molecule has 2 aliphatic heterocycles. The minimum Gasteiger partial charge on any atom is -0.395 e. The van der Waals surface area contributed by atoms with Crippen LogP contribution in [0.4, 0.5) is 0 Å². The maximum absolute atomic E-state index is 9.69. The van der Waals surface area contributed by atoms with Crippen molar-refractivity contribution in [1.82, 2.24) is 4.90 Å². The van der Waals surface area contributed by atoms with Gasteiger partial charge in [-0.2, -0.15) is 0 Å². The Morgan fingerprint density at radius 1 is 1.21 bits per heavy atom. The molecular weight excluding hydrogens is 190 g/mol. The van der Waals surface area contributed by atoms with E-state index in [2.05, 4.69) is 0 Å². The van der Waals surface area contributed by atoms with E-state index in [4.69, 9.17) is 10.2 Å². The van der Waals surface area contributed by atoms with Crippen molar-refractivity contribution in [2.75, 3.05) is 19.8 Å². The smallest absolute Gasteiger partial charge is 0.109 e. The van der Waals surface area contributed by atoms with Gasteiger partial charge in [0, 0.05) is 6.54 Å². The second-order valence-corrected chi connectivity index (χ2v) is 4.00. The minimum absolute atomic E-state index is 0.171. The number of β-amino-alcohol motifs (C(OH)–C–C–N with tert-alkyl or cyclic N) is 1. The highest BCUT2D eigenvalue weighted by atomic mass is 16.4. The number of fused-ring (bicyclic) bond motifs is 1. The van der Waals surface area contributed by atoms with Crippen LogP contribution in [0.5, 0.6) is 0 Å². The Balaban J connectivity index is 2.22. The third-order valence-electron chi connectivity index (χ3n) is 3.46. The molecule has 0 radical (unpaired) electrons. The van der Waals surface area contributed by atoms with Crippen LogP contribution < -0.4 is 0 Å². The third kappa shape index (κ3) is 1.01. The molecule has 0 spiro atoms. The quantitative estimate of drug-likeness (QED) is 0.300. The second kappa shape index (κ2) is 3.13. The zero-order valence-corrected chi connectivity index (χ0v) is 7.61. The average Bonchev–Trinajstić information content (AvgIpc) is 2.83. The Kier molecular flexibility index (Phi) is 2.30. The minimum atomic E-state index is -1.25. The van der Waals surface area contributed by atoms with Gasteiger partial charge in [0.15, 0.2) is 0 Å². The molecule has 6 heteroatoms. The fraction of sp³-hybridized carbons (Fsp3) is 1.00. The summed E-state index contributed by atoms with van der Waals surface area (Å²) >= 11 is 0. The first-order chi connectivity index (χ1) is 6.59. The maximum Gasteiger partial charge on any atom is 0.109 e. The number of rotatable bonds is 2. The summed E-state index contributed by atoms with van der Waals surface area (Å²) in [6.45, 7) is -0.357. The lowest BCUT2D eigenvalue weighted by Crippen LogP contribution is -2.57. The van der Waals surface area contributed by atoms with Crippen molar-refractivity contribution >= 4 is 0 Å². The Labute approximate surface area is 81.0 Å².